The molecule has 0 fully saturated rings. The van der Waals surface area contributed by atoms with E-state index >= 15 is 0 Å². The minimum absolute atomic E-state index is 0.105. The Labute approximate surface area is 175 Å². The van der Waals surface area contributed by atoms with Gasteiger partial charge < -0.3 is 14.5 Å². The van der Waals surface area contributed by atoms with Gasteiger partial charge in [0.2, 0.25) is 0 Å². The van der Waals surface area contributed by atoms with E-state index in [1.165, 1.54) is 19.1 Å². The number of allylic oxidation sites excluding steroid dienone is 3. The maximum absolute atomic E-state index is 13.0. The molecule has 1 aliphatic rings. The average molecular weight is 432 g/mol. The number of ether oxygens (including phenoxy) is 1. The molecular formula is C22H19F3N2O4. The second kappa shape index (κ2) is 7.95. The van der Waals surface area contributed by atoms with Crippen LogP contribution in [0.1, 0.15) is 38.0 Å². The number of dihydropyridines is 1. The molecule has 1 aromatic heterocycles. The molecule has 9 heteroatoms. The summed E-state index contributed by atoms with van der Waals surface area (Å²) in [6.07, 6.45) is -7.08. The van der Waals surface area contributed by atoms with Crippen molar-refractivity contribution in [1.82, 2.24) is 5.32 Å². The van der Waals surface area contributed by atoms with Crippen LogP contribution in [0.3, 0.4) is 0 Å². The molecule has 0 aliphatic carbocycles. The maximum atomic E-state index is 13.0. The van der Waals surface area contributed by atoms with Crippen molar-refractivity contribution in [3.8, 4) is 6.07 Å². The van der Waals surface area contributed by atoms with Crippen molar-refractivity contribution >= 4 is 16.9 Å². The smallest absolute Gasteiger partial charge is 0.425 e. The molecule has 0 saturated carbocycles. The van der Waals surface area contributed by atoms with E-state index in [2.05, 4.69) is 10.1 Å². The highest BCUT2D eigenvalue weighted by molar-refractivity contribution is 5.95. The fourth-order valence-electron chi connectivity index (χ4n) is 3.56. The Morgan fingerprint density at radius 2 is 1.94 bits per heavy atom. The highest BCUT2D eigenvalue weighted by atomic mass is 19.4. The van der Waals surface area contributed by atoms with Crippen LogP contribution in [0.2, 0.25) is 0 Å². The first-order valence-corrected chi connectivity index (χ1v) is 9.35. The highest BCUT2D eigenvalue weighted by Gasteiger charge is 2.42. The Morgan fingerprint density at radius 1 is 1.26 bits per heavy atom. The first-order chi connectivity index (χ1) is 14.5. The summed E-state index contributed by atoms with van der Waals surface area (Å²) in [6.45, 7) is 5.42. The number of esters is 1. The zero-order valence-corrected chi connectivity index (χ0v) is 17.2. The number of fused-ring (bicyclic) bond motifs is 1. The van der Waals surface area contributed by atoms with Gasteiger partial charge in [-0.15, -0.1) is 0 Å². The van der Waals surface area contributed by atoms with Crippen LogP contribution in [0, 0.1) is 18.3 Å². The van der Waals surface area contributed by atoms with Crippen LogP contribution in [0.5, 0.6) is 0 Å². The summed E-state index contributed by atoms with van der Waals surface area (Å²) in [6, 6.07) is 7.99. The van der Waals surface area contributed by atoms with Gasteiger partial charge in [0, 0.05) is 23.0 Å². The molecule has 0 radical (unpaired) electrons. The lowest BCUT2D eigenvalue weighted by molar-refractivity contribution is -0.214. The summed E-state index contributed by atoms with van der Waals surface area (Å²) in [5.74, 6) is -1.98. The predicted octanol–water partition coefficient (Wildman–Crippen LogP) is 4.35. The molecule has 31 heavy (non-hydrogen) atoms. The second-order valence-electron chi connectivity index (χ2n) is 7.28. The molecule has 2 atom stereocenters. The van der Waals surface area contributed by atoms with Gasteiger partial charge in [0.05, 0.1) is 28.5 Å². The number of benzene rings is 1. The number of carbonyl (C=O) groups is 1. The van der Waals surface area contributed by atoms with Crippen LogP contribution in [0.15, 0.2) is 56.0 Å². The lowest BCUT2D eigenvalue weighted by atomic mass is 9.80. The van der Waals surface area contributed by atoms with Crippen LogP contribution in [0.4, 0.5) is 13.2 Å². The summed E-state index contributed by atoms with van der Waals surface area (Å²) in [5, 5.41) is 12.9. The summed E-state index contributed by atoms with van der Waals surface area (Å²) in [5.41, 5.74) is 0.766. The molecule has 0 amide bonds. The molecule has 6 nitrogen and oxygen atoms in total. The van der Waals surface area contributed by atoms with Gasteiger partial charge in [0.15, 0.2) is 11.5 Å². The van der Waals surface area contributed by atoms with Crippen LogP contribution in [-0.2, 0) is 9.53 Å². The molecule has 3 rings (SSSR count). The first-order valence-electron chi connectivity index (χ1n) is 9.35. The third-order valence-electron chi connectivity index (χ3n) is 5.06. The van der Waals surface area contributed by atoms with Gasteiger partial charge in [-0.2, -0.15) is 18.4 Å². The van der Waals surface area contributed by atoms with Crippen molar-refractivity contribution in [2.75, 3.05) is 0 Å². The van der Waals surface area contributed by atoms with Gasteiger partial charge in [-0.1, -0.05) is 12.1 Å². The number of para-hydroxylation sites is 1. The Morgan fingerprint density at radius 3 is 2.55 bits per heavy atom. The van der Waals surface area contributed by atoms with Crippen LogP contribution < -0.4 is 10.7 Å². The number of halogens is 3. The normalized spacial score (nSPS) is 17.9. The van der Waals surface area contributed by atoms with Crippen molar-refractivity contribution in [1.29, 1.82) is 5.26 Å². The summed E-state index contributed by atoms with van der Waals surface area (Å²) in [7, 11) is 0. The van der Waals surface area contributed by atoms with E-state index in [0.717, 1.165) is 6.92 Å². The molecule has 2 unspecified atom stereocenters. The average Bonchev–Trinajstić information content (AvgIpc) is 2.66. The van der Waals surface area contributed by atoms with Gasteiger partial charge in [-0.05, 0) is 33.8 Å². The standard InChI is InChI=1S/C22H19F3N2O4/c1-10-8-17(28)14-6-5-7-15(20(14)30-10)19-16(9-26)11(2)27-12(3)18(19)21(29)31-13(4)22(23,24)25/h5-8,13,19,27H,1-4H3. The molecular weight excluding hydrogens is 413 g/mol. The van der Waals surface area contributed by atoms with E-state index in [1.54, 1.807) is 26.0 Å². The van der Waals surface area contributed by atoms with Gasteiger partial charge in [-0.3, -0.25) is 4.79 Å². The quantitative estimate of drug-likeness (QED) is 0.725. The number of nitrogens with one attached hydrogen (secondary N) is 1. The molecule has 0 bridgehead atoms. The summed E-state index contributed by atoms with van der Waals surface area (Å²) < 4.78 is 49.4. The van der Waals surface area contributed by atoms with Crippen molar-refractivity contribution < 1.29 is 27.1 Å². The zero-order valence-electron chi connectivity index (χ0n) is 17.2. The highest BCUT2D eigenvalue weighted by Crippen LogP contribution is 2.41. The van der Waals surface area contributed by atoms with Crippen molar-refractivity contribution in [2.45, 2.75) is 45.9 Å². The molecule has 1 N–H and O–H groups in total. The van der Waals surface area contributed by atoms with Gasteiger partial charge in [-0.25, -0.2) is 4.79 Å². The van der Waals surface area contributed by atoms with Gasteiger partial charge in [0.25, 0.3) is 0 Å². The number of rotatable bonds is 3. The van der Waals surface area contributed by atoms with E-state index < -0.39 is 24.2 Å². The van der Waals surface area contributed by atoms with Crippen molar-refractivity contribution in [2.24, 2.45) is 0 Å². The topological polar surface area (TPSA) is 92.3 Å². The minimum atomic E-state index is -4.74. The zero-order chi connectivity index (χ0) is 23.1. The number of carbonyl (C=O) groups excluding carboxylic acids is 1. The number of hydrogen-bond donors (Lipinski definition) is 1. The van der Waals surface area contributed by atoms with Crippen LogP contribution in [0.25, 0.3) is 11.0 Å². The van der Waals surface area contributed by atoms with Gasteiger partial charge >= 0.3 is 12.1 Å². The van der Waals surface area contributed by atoms with Crippen LogP contribution >= 0.6 is 0 Å². The third-order valence-corrected chi connectivity index (χ3v) is 5.06. The third kappa shape index (κ3) is 4.06. The molecule has 162 valence electrons. The fourth-order valence-corrected chi connectivity index (χ4v) is 3.56. The minimum Gasteiger partial charge on any atom is -0.461 e. The summed E-state index contributed by atoms with van der Waals surface area (Å²) in [4.78, 5) is 25.3. The number of aryl methyl sites for hydroxylation is 1. The fraction of sp³-hybridized carbons (Fsp3) is 0.318. The number of nitrogens with zero attached hydrogens (tertiary/aromatic N) is 1. The lowest BCUT2D eigenvalue weighted by Gasteiger charge is -2.29. The van der Waals surface area contributed by atoms with E-state index in [-0.39, 0.29) is 33.2 Å². The van der Waals surface area contributed by atoms with Crippen molar-refractivity contribution in [3.63, 3.8) is 0 Å². The monoisotopic (exact) mass is 432 g/mol. The lowest BCUT2D eigenvalue weighted by Crippen LogP contribution is -2.35. The summed E-state index contributed by atoms with van der Waals surface area (Å²) >= 11 is 0. The Kier molecular flexibility index (Phi) is 5.68. The van der Waals surface area contributed by atoms with Crippen LogP contribution in [-0.4, -0.2) is 18.2 Å². The predicted molar refractivity (Wildman–Crippen MR) is 106 cm³/mol. The first kappa shape index (κ1) is 22.2. The largest absolute Gasteiger partial charge is 0.461 e. The van der Waals surface area contributed by atoms with E-state index in [9.17, 15) is 28.0 Å². The van der Waals surface area contributed by atoms with Crippen molar-refractivity contribution in [3.05, 3.63) is 68.4 Å². The molecule has 2 heterocycles. The van der Waals surface area contributed by atoms with Gasteiger partial charge in [0.1, 0.15) is 11.3 Å². The number of nitriles is 1. The molecule has 2 aromatic rings. The SMILES string of the molecule is CC1=C(C#N)C(c2cccc3c(=O)cc(C)oc23)C(C(=O)OC(C)C(F)(F)F)=C(C)N1. The Balaban J connectivity index is 2.25. The number of alkyl halides is 3. The molecule has 1 aliphatic heterocycles. The molecule has 0 spiro atoms. The molecule has 0 saturated heterocycles. The van der Waals surface area contributed by atoms with E-state index in [4.69, 9.17) is 4.42 Å². The Bertz CT molecular complexity index is 1230. The molecule has 1 aromatic carbocycles. The Hall–Kier alpha value is -3.54. The second-order valence-corrected chi connectivity index (χ2v) is 7.28. The van der Waals surface area contributed by atoms with E-state index in [0.29, 0.717) is 17.0 Å². The number of hydrogen-bond acceptors (Lipinski definition) is 6. The maximum Gasteiger partial charge on any atom is 0.425 e. The van der Waals surface area contributed by atoms with E-state index in [1.807, 2.05) is 6.07 Å².